The Morgan fingerprint density at radius 2 is 2.23 bits per heavy atom. The lowest BCUT2D eigenvalue weighted by atomic mass is 9.89. The average Bonchev–Trinajstić information content (AvgIpc) is 3.20. The van der Waals surface area contributed by atoms with Crippen molar-refractivity contribution in [1.82, 2.24) is 0 Å². The first-order valence-electron chi connectivity index (χ1n) is 12.0. The SMILES string of the molecule is [2H]C([2H])(C#CC)C(C)[C@H](O)/C=C/[C@@H]1[C@H]2C/C(=C\CC([2H])([2H])C([2H])([2H])C(=O)O)C[C@H]2C[C@H]1O. The molecule has 2 saturated carbocycles. The summed E-state index contributed by atoms with van der Waals surface area (Å²) in [6.07, 6.45) is -2.83. The standard InChI is InChI=1S/C22H32O4/c1-3-4-7-15(2)20(23)11-10-18-19-13-16(8-5-6-9-22(25)26)12-17(19)14-21(18)24/h8,10-11,15,17-21,23-24H,5-7,9,12-14H2,1-2H3,(H,25,26)/b11-10+,16-8-/t15?,17-,18+,19-,20+,21+/m0/s1/i6D2,7D2,9D2. The van der Waals surface area contributed by atoms with E-state index >= 15 is 0 Å². The Hall–Kier alpha value is -1.57. The summed E-state index contributed by atoms with van der Waals surface area (Å²) in [7, 11) is 0. The van der Waals surface area contributed by atoms with E-state index in [1.165, 1.54) is 13.0 Å². The Bertz CT molecular complexity index is 826. The number of carbonyl (C=O) groups is 1. The van der Waals surface area contributed by atoms with Gasteiger partial charge in [0.1, 0.15) is 0 Å². The molecule has 2 rings (SSSR count). The van der Waals surface area contributed by atoms with Crippen LogP contribution in [0.5, 0.6) is 0 Å². The highest BCUT2D eigenvalue weighted by Gasteiger charge is 2.44. The van der Waals surface area contributed by atoms with Crippen molar-refractivity contribution in [2.24, 2.45) is 23.7 Å². The van der Waals surface area contributed by atoms with Crippen molar-refractivity contribution < 1.29 is 28.3 Å². The van der Waals surface area contributed by atoms with Crippen molar-refractivity contribution in [2.75, 3.05) is 0 Å². The van der Waals surface area contributed by atoms with Gasteiger partial charge in [0, 0.05) is 26.9 Å². The van der Waals surface area contributed by atoms with Crippen LogP contribution in [0.4, 0.5) is 0 Å². The zero-order valence-corrected chi connectivity index (χ0v) is 15.3. The molecule has 1 unspecified atom stereocenters. The minimum atomic E-state index is -3.00. The molecule has 0 aromatic carbocycles. The molecule has 2 aliphatic rings. The first-order chi connectivity index (χ1) is 14.6. The van der Waals surface area contributed by atoms with Crippen LogP contribution in [0.1, 0.15) is 66.9 Å². The third kappa shape index (κ3) is 5.72. The van der Waals surface area contributed by atoms with E-state index < -0.39 is 43.2 Å². The van der Waals surface area contributed by atoms with Gasteiger partial charge in [0.2, 0.25) is 0 Å². The van der Waals surface area contributed by atoms with Crippen molar-refractivity contribution >= 4 is 5.97 Å². The summed E-state index contributed by atoms with van der Waals surface area (Å²) in [5, 5.41) is 29.8. The third-order valence-corrected chi connectivity index (χ3v) is 5.27. The first kappa shape index (κ1) is 13.6. The van der Waals surface area contributed by atoms with E-state index in [9.17, 15) is 15.0 Å². The number of hydrogen-bond donors (Lipinski definition) is 3. The van der Waals surface area contributed by atoms with E-state index in [-0.39, 0.29) is 24.2 Å². The van der Waals surface area contributed by atoms with E-state index in [0.29, 0.717) is 19.3 Å². The summed E-state index contributed by atoms with van der Waals surface area (Å²) in [6.45, 7) is 3.11. The number of fused-ring (bicyclic) bond motifs is 1. The lowest BCUT2D eigenvalue weighted by Crippen LogP contribution is -2.19. The minimum Gasteiger partial charge on any atom is -0.481 e. The van der Waals surface area contributed by atoms with Crippen molar-refractivity contribution in [3.05, 3.63) is 23.8 Å². The minimum absolute atomic E-state index is 0.0734. The molecule has 0 aromatic heterocycles. The summed E-state index contributed by atoms with van der Waals surface area (Å²) in [6, 6.07) is 0. The predicted molar refractivity (Wildman–Crippen MR) is 102 cm³/mol. The molecule has 0 saturated heterocycles. The molecule has 3 N–H and O–H groups in total. The Balaban J connectivity index is 2.07. The maximum absolute atomic E-state index is 11.1. The third-order valence-electron chi connectivity index (χ3n) is 5.27. The Morgan fingerprint density at radius 1 is 1.46 bits per heavy atom. The molecular formula is C22H32O4. The van der Waals surface area contributed by atoms with Crippen molar-refractivity contribution in [3.63, 3.8) is 0 Å². The maximum atomic E-state index is 11.1. The fourth-order valence-electron chi connectivity index (χ4n) is 3.94. The number of aliphatic hydroxyl groups is 2. The fourth-order valence-corrected chi connectivity index (χ4v) is 3.94. The van der Waals surface area contributed by atoms with Gasteiger partial charge in [0.15, 0.2) is 0 Å². The molecule has 0 aliphatic heterocycles. The normalized spacial score (nSPS) is 36.7. The van der Waals surface area contributed by atoms with Gasteiger partial charge in [0.25, 0.3) is 0 Å². The van der Waals surface area contributed by atoms with Crippen LogP contribution in [0, 0.1) is 35.5 Å². The number of hydrogen-bond acceptors (Lipinski definition) is 3. The zero-order valence-electron chi connectivity index (χ0n) is 21.3. The second-order valence-electron chi connectivity index (χ2n) is 7.07. The van der Waals surface area contributed by atoms with Crippen LogP contribution in [0.25, 0.3) is 0 Å². The van der Waals surface area contributed by atoms with Gasteiger partial charge in [-0.15, -0.1) is 11.8 Å². The molecule has 0 aromatic rings. The summed E-state index contributed by atoms with van der Waals surface area (Å²) < 4.78 is 46.6. The topological polar surface area (TPSA) is 77.8 Å². The second kappa shape index (κ2) is 9.94. The molecule has 0 radical (unpaired) electrons. The van der Waals surface area contributed by atoms with Crippen molar-refractivity contribution in [1.29, 1.82) is 0 Å². The van der Waals surface area contributed by atoms with Crippen LogP contribution in [0.3, 0.4) is 0 Å². The molecule has 2 fully saturated rings. The number of carboxylic acids is 1. The summed E-state index contributed by atoms with van der Waals surface area (Å²) >= 11 is 0. The summed E-state index contributed by atoms with van der Waals surface area (Å²) in [4.78, 5) is 11.1. The van der Waals surface area contributed by atoms with Crippen LogP contribution in [-0.4, -0.2) is 33.5 Å². The van der Waals surface area contributed by atoms with Crippen LogP contribution >= 0.6 is 0 Å². The predicted octanol–water partition coefficient (Wildman–Crippen LogP) is 3.54. The van der Waals surface area contributed by atoms with Crippen LogP contribution in [0.15, 0.2) is 23.8 Å². The molecule has 6 atom stereocenters. The Labute approximate surface area is 165 Å². The van der Waals surface area contributed by atoms with Crippen molar-refractivity contribution in [3.8, 4) is 11.8 Å². The van der Waals surface area contributed by atoms with E-state index in [2.05, 4.69) is 11.8 Å². The molecule has 26 heavy (non-hydrogen) atoms. The smallest absolute Gasteiger partial charge is 0.303 e. The second-order valence-corrected chi connectivity index (χ2v) is 7.07. The van der Waals surface area contributed by atoms with Gasteiger partial charge >= 0.3 is 5.97 Å². The molecule has 4 nitrogen and oxygen atoms in total. The number of rotatable bonds is 8. The average molecular weight is 367 g/mol. The Morgan fingerprint density at radius 3 is 2.92 bits per heavy atom. The lowest BCUT2D eigenvalue weighted by molar-refractivity contribution is -0.137. The van der Waals surface area contributed by atoms with Crippen LogP contribution in [0.2, 0.25) is 0 Å². The van der Waals surface area contributed by atoms with Crippen LogP contribution in [-0.2, 0) is 4.79 Å². The zero-order chi connectivity index (χ0) is 24.5. The van der Waals surface area contributed by atoms with Gasteiger partial charge in [-0.1, -0.05) is 30.7 Å². The molecule has 0 spiro atoms. The van der Waals surface area contributed by atoms with Crippen molar-refractivity contribution in [2.45, 2.75) is 70.9 Å². The molecule has 0 bridgehead atoms. The number of aliphatic carboxylic acids is 1. The molecule has 144 valence electrons. The fraction of sp³-hybridized carbons (Fsp3) is 0.682. The van der Waals surface area contributed by atoms with Gasteiger partial charge in [0.05, 0.1) is 12.2 Å². The van der Waals surface area contributed by atoms with Gasteiger partial charge in [-0.3, -0.25) is 4.79 Å². The maximum Gasteiger partial charge on any atom is 0.303 e. The van der Waals surface area contributed by atoms with E-state index in [1.807, 2.05) is 0 Å². The monoisotopic (exact) mass is 366 g/mol. The molecule has 4 heteroatoms. The van der Waals surface area contributed by atoms with Gasteiger partial charge in [-0.2, -0.15) is 0 Å². The number of carboxylic acid groups (broad SMARTS) is 1. The van der Waals surface area contributed by atoms with Gasteiger partial charge in [-0.05, 0) is 56.7 Å². The molecule has 0 heterocycles. The quantitative estimate of drug-likeness (QED) is 0.453. The lowest BCUT2D eigenvalue weighted by Gasteiger charge is -2.19. The van der Waals surface area contributed by atoms with Gasteiger partial charge < -0.3 is 15.3 Å². The van der Waals surface area contributed by atoms with E-state index in [0.717, 1.165) is 5.57 Å². The largest absolute Gasteiger partial charge is 0.481 e. The van der Waals surface area contributed by atoms with Crippen LogP contribution < -0.4 is 0 Å². The molecule has 0 amide bonds. The first-order valence-corrected chi connectivity index (χ1v) is 9.03. The molecular weight excluding hydrogens is 328 g/mol. The van der Waals surface area contributed by atoms with Gasteiger partial charge in [-0.25, -0.2) is 0 Å². The highest BCUT2D eigenvalue weighted by molar-refractivity contribution is 5.66. The Kier molecular flexibility index (Phi) is 5.19. The van der Waals surface area contributed by atoms with E-state index in [4.69, 9.17) is 13.3 Å². The highest BCUT2D eigenvalue weighted by atomic mass is 16.4. The summed E-state index contributed by atoms with van der Waals surface area (Å²) in [5.41, 5.74) is 0.916. The number of allylic oxidation sites excluding steroid dienone is 2. The molecule has 2 aliphatic carbocycles. The number of aliphatic hydroxyl groups excluding tert-OH is 2. The van der Waals surface area contributed by atoms with E-state index in [1.54, 1.807) is 19.1 Å². The highest BCUT2D eigenvalue weighted by Crippen LogP contribution is 2.50. The summed E-state index contributed by atoms with van der Waals surface area (Å²) in [5.74, 6) is 2.41.